The second kappa shape index (κ2) is 8.55. The maximum Gasteiger partial charge on any atom is 0.257 e. The van der Waals surface area contributed by atoms with E-state index in [1.165, 1.54) is 0 Å². The van der Waals surface area contributed by atoms with E-state index in [4.69, 9.17) is 11.6 Å². The lowest BCUT2D eigenvalue weighted by Gasteiger charge is -2.15. The van der Waals surface area contributed by atoms with E-state index in [0.29, 0.717) is 29.2 Å². The molecule has 2 aromatic rings. The molecular weight excluding hydrogens is 368 g/mol. The van der Waals surface area contributed by atoms with Gasteiger partial charge in [0.05, 0.1) is 12.2 Å². The van der Waals surface area contributed by atoms with Crippen molar-refractivity contribution in [2.24, 2.45) is 0 Å². The molecule has 0 atom stereocenters. The molecule has 7 nitrogen and oxygen atoms in total. The van der Waals surface area contributed by atoms with Crippen LogP contribution in [0.5, 0.6) is 0 Å². The number of carbonyl (C=O) groups is 3. The molecule has 1 saturated heterocycles. The summed E-state index contributed by atoms with van der Waals surface area (Å²) in [5.41, 5.74) is 7.02. The first-order valence-electron chi connectivity index (χ1n) is 8.52. The summed E-state index contributed by atoms with van der Waals surface area (Å²) in [5, 5.41) is 3.09. The zero-order valence-electron chi connectivity index (χ0n) is 14.5. The summed E-state index contributed by atoms with van der Waals surface area (Å²) < 4.78 is 0. The van der Waals surface area contributed by atoms with Gasteiger partial charge in [0.25, 0.3) is 11.8 Å². The number of nitrogens with zero attached hydrogens (tertiary/aromatic N) is 1. The highest BCUT2D eigenvalue weighted by Gasteiger charge is 2.21. The van der Waals surface area contributed by atoms with Crippen molar-refractivity contribution >= 4 is 40.7 Å². The van der Waals surface area contributed by atoms with Gasteiger partial charge in [-0.15, -0.1) is 0 Å². The number of rotatable bonds is 6. The van der Waals surface area contributed by atoms with Gasteiger partial charge in [0, 0.05) is 29.2 Å². The third-order valence-electron chi connectivity index (χ3n) is 4.09. The van der Waals surface area contributed by atoms with Crippen LogP contribution in [0, 0.1) is 0 Å². The molecule has 0 radical (unpaired) electrons. The maximum absolute atomic E-state index is 12.2. The van der Waals surface area contributed by atoms with Gasteiger partial charge in [0.2, 0.25) is 5.91 Å². The topological polar surface area (TPSA) is 90.5 Å². The van der Waals surface area contributed by atoms with Gasteiger partial charge in [-0.25, -0.2) is 0 Å². The molecule has 0 aliphatic carbocycles. The zero-order valence-corrected chi connectivity index (χ0v) is 15.3. The summed E-state index contributed by atoms with van der Waals surface area (Å²) in [4.78, 5) is 37.4. The molecule has 0 bridgehead atoms. The van der Waals surface area contributed by atoms with Gasteiger partial charge < -0.3 is 10.2 Å². The molecule has 27 heavy (non-hydrogen) atoms. The Morgan fingerprint density at radius 1 is 1.11 bits per heavy atom. The van der Waals surface area contributed by atoms with Gasteiger partial charge in [0.15, 0.2) is 0 Å². The van der Waals surface area contributed by atoms with Gasteiger partial charge >= 0.3 is 0 Å². The number of hydrogen-bond donors (Lipinski definition) is 3. The van der Waals surface area contributed by atoms with Crippen LogP contribution in [0.1, 0.15) is 23.2 Å². The highest BCUT2D eigenvalue weighted by Crippen LogP contribution is 2.21. The van der Waals surface area contributed by atoms with E-state index < -0.39 is 5.91 Å². The first kappa shape index (κ1) is 18.7. The average molecular weight is 387 g/mol. The van der Waals surface area contributed by atoms with Crippen molar-refractivity contribution < 1.29 is 14.4 Å². The summed E-state index contributed by atoms with van der Waals surface area (Å²) in [6.45, 7) is 0.517. The molecule has 0 unspecified atom stereocenters. The maximum atomic E-state index is 12.2. The summed E-state index contributed by atoms with van der Waals surface area (Å²) in [5.74, 6) is -0.675. The summed E-state index contributed by atoms with van der Waals surface area (Å²) in [7, 11) is 0. The number of nitrogens with one attached hydrogen (secondary N) is 3. The Morgan fingerprint density at radius 3 is 2.56 bits per heavy atom. The predicted molar refractivity (Wildman–Crippen MR) is 104 cm³/mol. The standard InChI is InChI=1S/C19H19ClN4O3/c20-14-3-1-4-15(11-14)22-23-17(25)12-21-19(27)13-6-8-16(9-7-13)24-10-2-5-18(24)26/h1,3-4,6-9,11,22H,2,5,10,12H2,(H,21,27)(H,23,25). The lowest BCUT2D eigenvalue weighted by molar-refractivity contribution is -0.119. The van der Waals surface area contributed by atoms with Gasteiger partial charge in [-0.05, 0) is 48.9 Å². The van der Waals surface area contributed by atoms with Gasteiger partial charge in [-0.1, -0.05) is 17.7 Å². The molecule has 1 fully saturated rings. The largest absolute Gasteiger partial charge is 0.343 e. The van der Waals surface area contributed by atoms with E-state index in [1.54, 1.807) is 53.4 Å². The van der Waals surface area contributed by atoms with Crippen molar-refractivity contribution in [1.82, 2.24) is 10.7 Å². The second-order valence-corrected chi connectivity index (χ2v) is 6.50. The Balaban J connectivity index is 1.47. The average Bonchev–Trinajstić information content (AvgIpc) is 3.10. The van der Waals surface area contributed by atoms with Crippen molar-refractivity contribution in [3.63, 3.8) is 0 Å². The monoisotopic (exact) mass is 386 g/mol. The van der Waals surface area contributed by atoms with E-state index in [1.807, 2.05) is 0 Å². The first-order valence-corrected chi connectivity index (χ1v) is 8.90. The molecule has 2 aromatic carbocycles. The summed E-state index contributed by atoms with van der Waals surface area (Å²) in [6.07, 6.45) is 1.40. The molecule has 0 aromatic heterocycles. The number of carbonyl (C=O) groups excluding carboxylic acids is 3. The molecule has 1 heterocycles. The van der Waals surface area contributed by atoms with Crippen molar-refractivity contribution in [2.75, 3.05) is 23.4 Å². The lowest BCUT2D eigenvalue weighted by Crippen LogP contribution is -2.39. The highest BCUT2D eigenvalue weighted by atomic mass is 35.5. The Bertz CT molecular complexity index is 854. The van der Waals surface area contributed by atoms with E-state index in [2.05, 4.69) is 16.2 Å². The van der Waals surface area contributed by atoms with Crippen LogP contribution in [0.3, 0.4) is 0 Å². The molecule has 140 valence electrons. The Morgan fingerprint density at radius 2 is 1.89 bits per heavy atom. The highest BCUT2D eigenvalue weighted by molar-refractivity contribution is 6.30. The van der Waals surface area contributed by atoms with Crippen LogP contribution in [0.2, 0.25) is 5.02 Å². The molecular formula is C19H19ClN4O3. The minimum Gasteiger partial charge on any atom is -0.343 e. The van der Waals surface area contributed by atoms with Crippen LogP contribution in [-0.4, -0.2) is 30.8 Å². The number of halogens is 1. The van der Waals surface area contributed by atoms with E-state index >= 15 is 0 Å². The normalized spacial score (nSPS) is 13.4. The fourth-order valence-corrected chi connectivity index (χ4v) is 2.92. The van der Waals surface area contributed by atoms with Crippen LogP contribution in [-0.2, 0) is 9.59 Å². The predicted octanol–water partition coefficient (Wildman–Crippen LogP) is 2.34. The smallest absolute Gasteiger partial charge is 0.257 e. The van der Waals surface area contributed by atoms with Crippen LogP contribution in [0.15, 0.2) is 48.5 Å². The van der Waals surface area contributed by atoms with Crippen LogP contribution in [0.4, 0.5) is 11.4 Å². The molecule has 3 rings (SSSR count). The number of amides is 3. The first-order chi connectivity index (χ1) is 13.0. The third kappa shape index (κ3) is 4.98. The van der Waals surface area contributed by atoms with Crippen molar-refractivity contribution in [2.45, 2.75) is 12.8 Å². The molecule has 3 N–H and O–H groups in total. The van der Waals surface area contributed by atoms with E-state index in [0.717, 1.165) is 12.1 Å². The lowest BCUT2D eigenvalue weighted by atomic mass is 10.2. The summed E-state index contributed by atoms with van der Waals surface area (Å²) >= 11 is 5.86. The van der Waals surface area contributed by atoms with Crippen molar-refractivity contribution in [3.8, 4) is 0 Å². The Labute approximate surface area is 161 Å². The minimum absolute atomic E-state index is 0.0936. The van der Waals surface area contributed by atoms with Gasteiger partial charge in [0.1, 0.15) is 0 Å². The van der Waals surface area contributed by atoms with Crippen molar-refractivity contribution in [1.29, 1.82) is 0 Å². The van der Waals surface area contributed by atoms with E-state index in [-0.39, 0.29) is 18.4 Å². The third-order valence-corrected chi connectivity index (χ3v) is 4.33. The number of hydrogen-bond acceptors (Lipinski definition) is 4. The van der Waals surface area contributed by atoms with Gasteiger partial charge in [-0.3, -0.25) is 25.2 Å². The second-order valence-electron chi connectivity index (χ2n) is 6.06. The zero-order chi connectivity index (χ0) is 19.2. The molecule has 1 aliphatic rings. The van der Waals surface area contributed by atoms with Gasteiger partial charge in [-0.2, -0.15) is 0 Å². The Kier molecular flexibility index (Phi) is 5.93. The quantitative estimate of drug-likeness (QED) is 0.665. The molecule has 8 heteroatoms. The van der Waals surface area contributed by atoms with E-state index in [9.17, 15) is 14.4 Å². The number of hydrazine groups is 1. The van der Waals surface area contributed by atoms with Crippen LogP contribution in [0.25, 0.3) is 0 Å². The Hall–Kier alpha value is -3.06. The fraction of sp³-hybridized carbons (Fsp3) is 0.211. The number of anilines is 2. The minimum atomic E-state index is -0.400. The SMILES string of the molecule is O=C(CNC(=O)c1ccc(N2CCCC2=O)cc1)NNc1cccc(Cl)c1. The van der Waals surface area contributed by atoms with Crippen molar-refractivity contribution in [3.05, 3.63) is 59.1 Å². The van der Waals surface area contributed by atoms with Crippen LogP contribution >= 0.6 is 11.6 Å². The van der Waals surface area contributed by atoms with Crippen LogP contribution < -0.4 is 21.1 Å². The summed E-state index contributed by atoms with van der Waals surface area (Å²) in [6, 6.07) is 13.6. The molecule has 0 spiro atoms. The molecule has 3 amide bonds. The molecule has 0 saturated carbocycles. The number of benzene rings is 2. The fourth-order valence-electron chi connectivity index (χ4n) is 2.73. The molecule has 1 aliphatic heterocycles.